The molecule has 1 aliphatic heterocycles. The van der Waals surface area contributed by atoms with Gasteiger partial charge in [-0.25, -0.2) is 5.01 Å². The van der Waals surface area contributed by atoms with E-state index in [1.54, 1.807) is 0 Å². The van der Waals surface area contributed by atoms with Gasteiger partial charge in [0, 0.05) is 17.3 Å². The Labute approximate surface area is 129 Å². The molecule has 3 aromatic rings. The summed E-state index contributed by atoms with van der Waals surface area (Å²) in [7, 11) is 0. The Morgan fingerprint density at radius 2 is 1.91 bits per heavy atom. The lowest BCUT2D eigenvalue weighted by Crippen LogP contribution is -2.29. The van der Waals surface area contributed by atoms with Gasteiger partial charge in [-0.2, -0.15) is 5.10 Å². The van der Waals surface area contributed by atoms with Crippen LogP contribution in [0, 0.1) is 5.92 Å². The topological polar surface area (TPSA) is 32.0 Å². The fraction of sp³-hybridized carbons (Fsp3) is 0.278. The number of nitrogens with zero attached hydrogens (tertiary/aromatic N) is 3. The maximum absolute atomic E-state index is 6.08. The number of rotatable bonds is 3. The molecular weight excluding hydrogens is 274 g/mol. The van der Waals surface area contributed by atoms with E-state index in [4.69, 9.17) is 4.42 Å². The quantitative estimate of drug-likeness (QED) is 0.723. The van der Waals surface area contributed by atoms with Crippen molar-refractivity contribution in [2.45, 2.75) is 13.8 Å². The van der Waals surface area contributed by atoms with Crippen LogP contribution in [-0.4, -0.2) is 24.5 Å². The third-order valence-corrected chi connectivity index (χ3v) is 3.93. The fourth-order valence-corrected chi connectivity index (χ4v) is 3.03. The highest BCUT2D eigenvalue weighted by molar-refractivity contribution is 6.08. The first-order valence-corrected chi connectivity index (χ1v) is 7.68. The molecule has 112 valence electrons. The van der Waals surface area contributed by atoms with E-state index in [0.29, 0.717) is 5.92 Å². The van der Waals surface area contributed by atoms with Crippen molar-refractivity contribution >= 4 is 34.0 Å². The normalized spacial score (nSPS) is 14.9. The van der Waals surface area contributed by atoms with Crippen LogP contribution in [0.15, 0.2) is 52.0 Å². The molecule has 22 heavy (non-hydrogen) atoms. The SMILES string of the molecule is CC(C)CN1C=NN(c2cccc3c2oc2ccccc23)C1. The first-order valence-electron chi connectivity index (χ1n) is 7.68. The van der Waals surface area contributed by atoms with Crippen molar-refractivity contribution in [3.63, 3.8) is 0 Å². The average molecular weight is 293 g/mol. The molecule has 0 saturated carbocycles. The van der Waals surface area contributed by atoms with Gasteiger partial charge in [-0.3, -0.25) is 0 Å². The second kappa shape index (κ2) is 5.05. The Bertz CT molecular complexity index is 850. The molecule has 0 N–H and O–H groups in total. The van der Waals surface area contributed by atoms with E-state index in [1.807, 2.05) is 29.5 Å². The molecule has 2 aromatic carbocycles. The van der Waals surface area contributed by atoms with E-state index in [2.05, 4.69) is 48.1 Å². The third-order valence-electron chi connectivity index (χ3n) is 3.93. The maximum atomic E-state index is 6.08. The molecule has 1 aliphatic rings. The van der Waals surface area contributed by atoms with E-state index in [-0.39, 0.29) is 0 Å². The van der Waals surface area contributed by atoms with Crippen LogP contribution in [-0.2, 0) is 0 Å². The van der Waals surface area contributed by atoms with Crippen molar-refractivity contribution < 1.29 is 4.42 Å². The second-order valence-corrected chi connectivity index (χ2v) is 6.19. The van der Waals surface area contributed by atoms with Crippen molar-refractivity contribution in [1.29, 1.82) is 0 Å². The summed E-state index contributed by atoms with van der Waals surface area (Å²) >= 11 is 0. The number of para-hydroxylation sites is 2. The van der Waals surface area contributed by atoms with Gasteiger partial charge in [0.1, 0.15) is 24.3 Å². The predicted octanol–water partition coefficient (Wildman–Crippen LogP) is 4.26. The zero-order valence-corrected chi connectivity index (χ0v) is 12.9. The molecule has 0 radical (unpaired) electrons. The number of benzene rings is 2. The van der Waals surface area contributed by atoms with E-state index in [1.165, 1.54) is 0 Å². The van der Waals surface area contributed by atoms with Crippen LogP contribution in [0.3, 0.4) is 0 Å². The minimum Gasteiger partial charge on any atom is -0.454 e. The lowest BCUT2D eigenvalue weighted by molar-refractivity contribution is 0.394. The molecule has 0 aliphatic carbocycles. The summed E-state index contributed by atoms with van der Waals surface area (Å²) in [5.41, 5.74) is 2.86. The molecular formula is C18H19N3O. The summed E-state index contributed by atoms with van der Waals surface area (Å²) in [6, 6.07) is 14.4. The largest absolute Gasteiger partial charge is 0.454 e. The monoisotopic (exact) mass is 293 g/mol. The number of hydrazone groups is 1. The van der Waals surface area contributed by atoms with E-state index < -0.39 is 0 Å². The Balaban J connectivity index is 1.75. The first-order chi connectivity index (χ1) is 10.7. The van der Waals surface area contributed by atoms with Gasteiger partial charge in [-0.05, 0) is 18.1 Å². The van der Waals surface area contributed by atoms with Gasteiger partial charge < -0.3 is 9.32 Å². The zero-order valence-electron chi connectivity index (χ0n) is 12.9. The number of furan rings is 1. The van der Waals surface area contributed by atoms with Crippen LogP contribution in [0.2, 0.25) is 0 Å². The number of hydrogen-bond acceptors (Lipinski definition) is 4. The molecule has 0 bridgehead atoms. The third kappa shape index (κ3) is 2.11. The molecule has 0 spiro atoms. The highest BCUT2D eigenvalue weighted by Crippen LogP contribution is 2.35. The highest BCUT2D eigenvalue weighted by Gasteiger charge is 2.20. The maximum Gasteiger partial charge on any atom is 0.160 e. The molecule has 0 amide bonds. The zero-order chi connectivity index (χ0) is 15.1. The Hall–Kier alpha value is -2.49. The van der Waals surface area contributed by atoms with Crippen molar-refractivity contribution in [1.82, 2.24) is 4.90 Å². The Morgan fingerprint density at radius 3 is 2.77 bits per heavy atom. The Morgan fingerprint density at radius 1 is 1.09 bits per heavy atom. The van der Waals surface area contributed by atoms with Crippen LogP contribution in [0.1, 0.15) is 13.8 Å². The van der Waals surface area contributed by atoms with Crippen LogP contribution < -0.4 is 5.01 Å². The van der Waals surface area contributed by atoms with E-state index >= 15 is 0 Å². The van der Waals surface area contributed by atoms with Crippen LogP contribution in [0.5, 0.6) is 0 Å². The van der Waals surface area contributed by atoms with Crippen molar-refractivity contribution in [3.8, 4) is 0 Å². The summed E-state index contributed by atoms with van der Waals surface area (Å²) in [4.78, 5) is 2.23. The summed E-state index contributed by atoms with van der Waals surface area (Å²) in [6.45, 7) is 6.22. The molecule has 1 aromatic heterocycles. The molecule has 2 heterocycles. The molecule has 0 saturated heterocycles. The van der Waals surface area contributed by atoms with E-state index in [9.17, 15) is 0 Å². The smallest absolute Gasteiger partial charge is 0.160 e. The number of anilines is 1. The molecule has 4 nitrogen and oxygen atoms in total. The average Bonchev–Trinajstić information content (AvgIpc) is 3.10. The van der Waals surface area contributed by atoms with Crippen molar-refractivity contribution in [2.24, 2.45) is 11.0 Å². The number of hydrogen-bond donors (Lipinski definition) is 0. The minimum atomic E-state index is 0.619. The fourth-order valence-electron chi connectivity index (χ4n) is 3.03. The van der Waals surface area contributed by atoms with Gasteiger partial charge in [0.25, 0.3) is 0 Å². The van der Waals surface area contributed by atoms with Crippen LogP contribution in [0.4, 0.5) is 5.69 Å². The van der Waals surface area contributed by atoms with E-state index in [0.717, 1.165) is 40.8 Å². The molecule has 0 fully saturated rings. The van der Waals surface area contributed by atoms with Crippen LogP contribution in [0.25, 0.3) is 21.9 Å². The lowest BCUT2D eigenvalue weighted by Gasteiger charge is -2.20. The van der Waals surface area contributed by atoms with Gasteiger partial charge in [0.05, 0.1) is 0 Å². The first kappa shape index (κ1) is 13.2. The summed E-state index contributed by atoms with van der Waals surface area (Å²) < 4.78 is 6.08. The van der Waals surface area contributed by atoms with Crippen molar-refractivity contribution in [2.75, 3.05) is 18.2 Å². The minimum absolute atomic E-state index is 0.619. The second-order valence-electron chi connectivity index (χ2n) is 6.19. The number of fused-ring (bicyclic) bond motifs is 3. The molecule has 0 atom stereocenters. The predicted molar refractivity (Wildman–Crippen MR) is 91.1 cm³/mol. The van der Waals surface area contributed by atoms with Gasteiger partial charge >= 0.3 is 0 Å². The lowest BCUT2D eigenvalue weighted by atomic mass is 10.1. The van der Waals surface area contributed by atoms with Gasteiger partial charge in [0.15, 0.2) is 5.58 Å². The summed E-state index contributed by atoms with van der Waals surface area (Å²) in [6.07, 6.45) is 1.92. The Kier molecular flexibility index (Phi) is 3.03. The van der Waals surface area contributed by atoms with Gasteiger partial charge in [-0.1, -0.05) is 44.2 Å². The standard InChI is InChI=1S/C18H19N3O/c1-13(2)10-20-11-19-21(12-20)16-8-5-7-15-14-6-3-4-9-17(14)22-18(15)16/h3-9,11,13H,10,12H2,1-2H3. The van der Waals surface area contributed by atoms with Crippen LogP contribution >= 0.6 is 0 Å². The highest BCUT2D eigenvalue weighted by atomic mass is 16.3. The van der Waals surface area contributed by atoms with Crippen molar-refractivity contribution in [3.05, 3.63) is 42.5 Å². The molecule has 4 heteroatoms. The van der Waals surface area contributed by atoms with Gasteiger partial charge in [0.2, 0.25) is 0 Å². The summed E-state index contributed by atoms with van der Waals surface area (Å²) in [5, 5.41) is 8.84. The molecule has 0 unspecified atom stereocenters. The van der Waals surface area contributed by atoms with Gasteiger partial charge in [-0.15, -0.1) is 0 Å². The molecule has 4 rings (SSSR count). The summed E-state index contributed by atoms with van der Waals surface area (Å²) in [5.74, 6) is 0.619.